The third-order valence-corrected chi connectivity index (χ3v) is 0.949. The number of hydrogen-bond acceptors (Lipinski definition) is 10. The van der Waals surface area contributed by atoms with Gasteiger partial charge in [-0.1, -0.05) is 0 Å². The Morgan fingerprint density at radius 1 is 0.706 bits per heavy atom. The minimum atomic E-state index is -2.44. The van der Waals surface area contributed by atoms with Gasteiger partial charge in [0.05, 0.1) is 23.9 Å². The smallest absolute Gasteiger partial charge is 0.124 e. The summed E-state index contributed by atoms with van der Waals surface area (Å²) in [6.45, 7) is 0. The number of aliphatic hydroxyl groups is 2. The van der Waals surface area contributed by atoms with Crippen molar-refractivity contribution < 1.29 is 72.2 Å². The van der Waals surface area contributed by atoms with Gasteiger partial charge in [-0.2, -0.15) is 0 Å². The maximum Gasteiger partial charge on any atom is 0.124 e. The van der Waals surface area contributed by atoms with Gasteiger partial charge in [0.15, 0.2) is 0 Å². The molecule has 0 rings (SSSR count). The molecule has 0 spiro atoms. The number of aliphatic hydroxyl groups excluding tert-OH is 2. The molecule has 0 aliphatic carbocycles. The first-order valence-corrected chi connectivity index (χ1v) is 3.31. The van der Waals surface area contributed by atoms with Crippen LogP contribution in [0.15, 0.2) is 0 Å². The van der Waals surface area contributed by atoms with E-state index < -0.39 is 36.1 Å². The van der Waals surface area contributed by atoms with Crippen molar-refractivity contribution in [3.8, 4) is 0 Å². The minimum absolute atomic E-state index is 0. The third-order valence-electron chi connectivity index (χ3n) is 0.949. The van der Waals surface area contributed by atoms with Gasteiger partial charge in [0.1, 0.15) is 12.2 Å². The molecule has 0 aliphatic rings. The maximum absolute atomic E-state index is 9.63. The van der Waals surface area contributed by atoms with Crippen molar-refractivity contribution >= 4 is 23.9 Å². The molecule has 1 radical (unpaired) electrons. The minimum Gasteiger partial charge on any atom is -0.547 e. The van der Waals surface area contributed by atoms with Crippen LogP contribution >= 0.6 is 0 Å². The molecular formula is C6H4NbO10-4. The number of hydrogen-bond donors (Lipinski definition) is 2. The Morgan fingerprint density at radius 2 is 0.882 bits per heavy atom. The Bertz CT molecular complexity index is 269. The Morgan fingerprint density at radius 3 is 0.941 bits per heavy atom. The summed E-state index contributed by atoms with van der Waals surface area (Å²) < 4.78 is 0. The van der Waals surface area contributed by atoms with Crippen LogP contribution in [0, 0.1) is 0 Å². The summed E-state index contributed by atoms with van der Waals surface area (Å²) in [5, 5.41) is 53.6. The van der Waals surface area contributed by atoms with Crippen molar-refractivity contribution in [2.75, 3.05) is 0 Å². The molecule has 0 aliphatic heterocycles. The van der Waals surface area contributed by atoms with Crippen LogP contribution in [0.4, 0.5) is 0 Å². The average Bonchev–Trinajstić information content (AvgIpc) is 2.15. The van der Waals surface area contributed by atoms with E-state index in [1.54, 1.807) is 0 Å². The van der Waals surface area contributed by atoms with E-state index in [0.29, 0.717) is 0 Å². The zero-order valence-corrected chi connectivity index (χ0v) is 9.96. The molecule has 10 nitrogen and oxygen atoms in total. The number of carbonyl (C=O) groups is 4. The van der Waals surface area contributed by atoms with Gasteiger partial charge in [-0.25, -0.2) is 0 Å². The summed E-state index contributed by atoms with van der Waals surface area (Å²) in [7, 11) is 0. The molecule has 0 aromatic rings. The van der Waals surface area contributed by atoms with Crippen molar-refractivity contribution in [1.29, 1.82) is 0 Å². The van der Waals surface area contributed by atoms with Crippen molar-refractivity contribution in [2.24, 2.45) is 0 Å². The molecule has 2 atom stereocenters. The summed E-state index contributed by atoms with van der Waals surface area (Å²) in [6.07, 6.45) is -4.88. The van der Waals surface area contributed by atoms with E-state index in [0.717, 1.165) is 0 Å². The van der Waals surface area contributed by atoms with E-state index in [4.69, 9.17) is 30.0 Å². The van der Waals surface area contributed by atoms with E-state index in [2.05, 4.69) is 0 Å². The number of carboxylic acid groups (broad SMARTS) is 4. The standard InChI is InChI=1S/C4H6O6.C2H2O4.Nb/c5-1(3(7)8)2(6)4(9)10;3-1(4)2(5)6;/h1-2,5-6H,(H,7,8)(H,9,10);(H,3,4)(H,5,6);/p-4. The monoisotopic (exact) mass is 329 g/mol. The van der Waals surface area contributed by atoms with Crippen LogP contribution < -0.4 is 20.4 Å². The van der Waals surface area contributed by atoms with Crippen LogP contribution in [-0.4, -0.2) is 46.3 Å². The molecule has 97 valence electrons. The quantitative estimate of drug-likeness (QED) is 0.370. The molecule has 0 aromatic heterocycles. The largest absolute Gasteiger partial charge is 0.547 e. The Labute approximate surface area is 109 Å². The predicted molar refractivity (Wildman–Crippen MR) is 32.0 cm³/mol. The zero-order valence-electron chi connectivity index (χ0n) is 7.76. The third kappa shape index (κ3) is 10.8. The second-order valence-electron chi connectivity index (χ2n) is 2.10. The average molecular weight is 329 g/mol. The number of carboxylic acids is 4. The van der Waals surface area contributed by atoms with Gasteiger partial charge in [-0.15, -0.1) is 0 Å². The molecule has 2 unspecified atom stereocenters. The molecule has 0 amide bonds. The Kier molecular flexibility index (Phi) is 12.0. The van der Waals surface area contributed by atoms with Gasteiger partial charge in [0, 0.05) is 22.4 Å². The second kappa shape index (κ2) is 9.74. The van der Waals surface area contributed by atoms with Crippen molar-refractivity contribution in [3.05, 3.63) is 0 Å². The Hall–Kier alpha value is -1.46. The van der Waals surface area contributed by atoms with Crippen LogP contribution in [-0.2, 0) is 41.6 Å². The first-order chi connectivity index (χ1) is 7.11. The molecule has 0 saturated heterocycles. The number of rotatable bonds is 3. The van der Waals surface area contributed by atoms with Crippen molar-refractivity contribution in [1.82, 2.24) is 0 Å². The summed E-state index contributed by atoms with van der Waals surface area (Å²) in [6, 6.07) is 0. The Balaban J connectivity index is -0.000000244. The van der Waals surface area contributed by atoms with Gasteiger partial charge in [0.25, 0.3) is 0 Å². The normalized spacial score (nSPS) is 11.9. The summed E-state index contributed by atoms with van der Waals surface area (Å²) >= 11 is 0. The molecule has 17 heavy (non-hydrogen) atoms. The van der Waals surface area contributed by atoms with E-state index in [1.807, 2.05) is 0 Å². The van der Waals surface area contributed by atoms with Gasteiger partial charge in [0.2, 0.25) is 0 Å². The molecule has 0 bridgehead atoms. The van der Waals surface area contributed by atoms with Gasteiger partial charge >= 0.3 is 0 Å². The van der Waals surface area contributed by atoms with Crippen LogP contribution in [0.2, 0.25) is 0 Å². The topological polar surface area (TPSA) is 201 Å². The fourth-order valence-corrected chi connectivity index (χ4v) is 0.258. The fraction of sp³-hybridized carbons (Fsp3) is 0.333. The molecular weight excluding hydrogens is 325 g/mol. The van der Waals surface area contributed by atoms with Gasteiger partial charge in [-0.05, 0) is 0 Å². The number of aliphatic carboxylic acids is 4. The van der Waals surface area contributed by atoms with E-state index in [-0.39, 0.29) is 22.4 Å². The van der Waals surface area contributed by atoms with E-state index >= 15 is 0 Å². The number of carbonyl (C=O) groups excluding carboxylic acids is 4. The molecule has 0 saturated carbocycles. The second-order valence-corrected chi connectivity index (χ2v) is 2.10. The van der Waals surface area contributed by atoms with Crippen LogP contribution in [0.25, 0.3) is 0 Å². The summed E-state index contributed by atoms with van der Waals surface area (Å²) in [5.74, 6) is -8.49. The molecule has 0 aromatic carbocycles. The van der Waals surface area contributed by atoms with Gasteiger partial charge < -0.3 is 49.8 Å². The maximum atomic E-state index is 9.63. The van der Waals surface area contributed by atoms with Crippen LogP contribution in [0.1, 0.15) is 0 Å². The zero-order chi connectivity index (χ0) is 13.5. The van der Waals surface area contributed by atoms with Crippen LogP contribution in [0.3, 0.4) is 0 Å². The molecule has 0 heterocycles. The molecule has 2 N–H and O–H groups in total. The van der Waals surface area contributed by atoms with Crippen molar-refractivity contribution in [2.45, 2.75) is 12.2 Å². The van der Waals surface area contributed by atoms with Gasteiger partial charge in [-0.3, -0.25) is 0 Å². The SMILES string of the molecule is O=C([O-])C(=O)[O-].O=C([O-])C(O)C(O)C(=O)[O-].[Nb]. The molecule has 0 fully saturated rings. The fourth-order valence-electron chi connectivity index (χ4n) is 0.258. The van der Waals surface area contributed by atoms with E-state index in [1.165, 1.54) is 0 Å². The van der Waals surface area contributed by atoms with E-state index in [9.17, 15) is 19.8 Å². The van der Waals surface area contributed by atoms with Crippen LogP contribution in [0.5, 0.6) is 0 Å². The predicted octanol–water partition coefficient (Wildman–Crippen LogP) is -8.31. The van der Waals surface area contributed by atoms with Crippen molar-refractivity contribution in [3.63, 3.8) is 0 Å². The first kappa shape index (κ1) is 20.9. The first-order valence-electron chi connectivity index (χ1n) is 3.31. The molecule has 11 heteroatoms. The summed E-state index contributed by atoms with van der Waals surface area (Å²) in [5.41, 5.74) is 0. The summed E-state index contributed by atoms with van der Waals surface area (Å²) in [4.78, 5) is 37.1.